The molecule has 1 aromatic rings. The fourth-order valence-corrected chi connectivity index (χ4v) is 3.77. The van der Waals surface area contributed by atoms with E-state index in [-0.39, 0.29) is 18.4 Å². The van der Waals surface area contributed by atoms with E-state index in [0.29, 0.717) is 10.2 Å². The standard InChI is InChI=1S/C13H14Br2N2O3/c1-6(2)17-10(18)4-8(13(19)20)12(17)11-9(15)3-7(14)5-16-11/h3,5-6,8,12H,4H2,1-2H3,(H,19,20). The molecule has 0 aromatic carbocycles. The minimum atomic E-state index is -0.969. The monoisotopic (exact) mass is 404 g/mol. The number of amides is 1. The van der Waals surface area contributed by atoms with Crippen molar-refractivity contribution in [2.75, 3.05) is 0 Å². The van der Waals surface area contributed by atoms with Gasteiger partial charge in [0.1, 0.15) is 0 Å². The third-order valence-electron chi connectivity index (χ3n) is 3.35. The molecule has 2 unspecified atom stereocenters. The molecule has 2 heterocycles. The van der Waals surface area contributed by atoms with Crippen molar-refractivity contribution in [3.63, 3.8) is 0 Å². The molecule has 1 aromatic heterocycles. The summed E-state index contributed by atoms with van der Waals surface area (Å²) >= 11 is 6.72. The van der Waals surface area contributed by atoms with E-state index in [2.05, 4.69) is 36.8 Å². The van der Waals surface area contributed by atoms with Gasteiger partial charge in [-0.15, -0.1) is 0 Å². The smallest absolute Gasteiger partial charge is 0.309 e. The van der Waals surface area contributed by atoms with Crippen molar-refractivity contribution in [3.8, 4) is 0 Å². The molecule has 1 saturated heterocycles. The largest absolute Gasteiger partial charge is 0.481 e. The van der Waals surface area contributed by atoms with Crippen LogP contribution in [0.5, 0.6) is 0 Å². The highest BCUT2D eigenvalue weighted by Gasteiger charge is 2.47. The molecular formula is C13H14Br2N2O3. The quantitative estimate of drug-likeness (QED) is 0.838. The number of carbonyl (C=O) groups excluding carboxylic acids is 1. The first-order valence-corrected chi connectivity index (χ1v) is 7.76. The van der Waals surface area contributed by atoms with E-state index in [1.165, 1.54) is 0 Å². The van der Waals surface area contributed by atoms with Gasteiger partial charge in [-0.3, -0.25) is 14.6 Å². The van der Waals surface area contributed by atoms with Crippen LogP contribution in [0.3, 0.4) is 0 Å². The molecule has 108 valence electrons. The number of nitrogens with zero attached hydrogens (tertiary/aromatic N) is 2. The Morgan fingerprint density at radius 2 is 2.15 bits per heavy atom. The average molecular weight is 406 g/mol. The molecule has 2 rings (SSSR count). The average Bonchev–Trinajstić information content (AvgIpc) is 2.67. The number of carboxylic acids is 1. The van der Waals surface area contributed by atoms with Crippen molar-refractivity contribution in [2.24, 2.45) is 5.92 Å². The number of carboxylic acid groups (broad SMARTS) is 1. The van der Waals surface area contributed by atoms with Gasteiger partial charge < -0.3 is 10.0 Å². The van der Waals surface area contributed by atoms with Gasteiger partial charge in [0.15, 0.2) is 0 Å². The minimum absolute atomic E-state index is 0.0162. The van der Waals surface area contributed by atoms with Crippen LogP contribution >= 0.6 is 31.9 Å². The molecule has 1 amide bonds. The third kappa shape index (κ3) is 2.74. The summed E-state index contributed by atoms with van der Waals surface area (Å²) in [6.45, 7) is 3.75. The summed E-state index contributed by atoms with van der Waals surface area (Å²) in [4.78, 5) is 29.5. The first kappa shape index (κ1) is 15.4. The van der Waals surface area contributed by atoms with Gasteiger partial charge in [-0.05, 0) is 51.8 Å². The van der Waals surface area contributed by atoms with Crippen molar-refractivity contribution in [3.05, 3.63) is 26.9 Å². The zero-order valence-electron chi connectivity index (χ0n) is 11.0. The molecular weight excluding hydrogens is 392 g/mol. The van der Waals surface area contributed by atoms with Gasteiger partial charge >= 0.3 is 5.97 Å². The van der Waals surface area contributed by atoms with Crippen LogP contribution in [0, 0.1) is 5.92 Å². The molecule has 1 fully saturated rings. The van der Waals surface area contributed by atoms with Gasteiger partial charge in [0, 0.05) is 27.6 Å². The van der Waals surface area contributed by atoms with Crippen LogP contribution in [-0.4, -0.2) is 32.9 Å². The first-order chi connectivity index (χ1) is 9.32. The Hall–Kier alpha value is -0.950. The zero-order chi connectivity index (χ0) is 15.0. The van der Waals surface area contributed by atoms with Crippen LogP contribution in [0.1, 0.15) is 32.0 Å². The summed E-state index contributed by atoms with van der Waals surface area (Å²) in [5.74, 6) is -1.88. The Morgan fingerprint density at radius 3 is 2.65 bits per heavy atom. The lowest BCUT2D eigenvalue weighted by Gasteiger charge is -2.30. The second-order valence-electron chi connectivity index (χ2n) is 5.01. The lowest BCUT2D eigenvalue weighted by Crippen LogP contribution is -2.36. The van der Waals surface area contributed by atoms with E-state index in [9.17, 15) is 14.7 Å². The van der Waals surface area contributed by atoms with E-state index in [1.807, 2.05) is 19.9 Å². The van der Waals surface area contributed by atoms with Gasteiger partial charge in [-0.25, -0.2) is 0 Å². The lowest BCUT2D eigenvalue weighted by molar-refractivity contribution is -0.142. The molecule has 7 heteroatoms. The summed E-state index contributed by atoms with van der Waals surface area (Å²) in [5, 5.41) is 9.38. The van der Waals surface area contributed by atoms with Gasteiger partial charge in [-0.2, -0.15) is 0 Å². The fourth-order valence-electron chi connectivity index (χ4n) is 2.55. The van der Waals surface area contributed by atoms with Gasteiger partial charge in [-0.1, -0.05) is 0 Å². The zero-order valence-corrected chi connectivity index (χ0v) is 14.2. The van der Waals surface area contributed by atoms with Crippen molar-refractivity contribution in [1.82, 2.24) is 9.88 Å². The maximum atomic E-state index is 12.1. The second-order valence-corrected chi connectivity index (χ2v) is 6.78. The van der Waals surface area contributed by atoms with Crippen LogP contribution in [0.4, 0.5) is 0 Å². The van der Waals surface area contributed by atoms with Crippen LogP contribution in [0.25, 0.3) is 0 Å². The van der Waals surface area contributed by atoms with E-state index in [0.717, 1.165) is 4.47 Å². The fraction of sp³-hybridized carbons (Fsp3) is 0.462. The van der Waals surface area contributed by atoms with Crippen molar-refractivity contribution >= 4 is 43.7 Å². The highest BCUT2D eigenvalue weighted by atomic mass is 79.9. The number of aliphatic carboxylic acids is 1. The molecule has 1 N–H and O–H groups in total. The van der Waals surface area contributed by atoms with Crippen LogP contribution in [0.15, 0.2) is 21.2 Å². The number of carbonyl (C=O) groups is 2. The molecule has 2 atom stereocenters. The Morgan fingerprint density at radius 1 is 1.50 bits per heavy atom. The lowest BCUT2D eigenvalue weighted by atomic mass is 9.97. The molecule has 0 bridgehead atoms. The highest BCUT2D eigenvalue weighted by molar-refractivity contribution is 9.11. The van der Waals surface area contributed by atoms with Crippen LogP contribution in [-0.2, 0) is 9.59 Å². The SMILES string of the molecule is CC(C)N1C(=O)CC(C(=O)O)C1c1ncc(Br)cc1Br. The number of likely N-dealkylation sites (tertiary alicyclic amines) is 1. The molecule has 1 aliphatic heterocycles. The van der Waals surface area contributed by atoms with Gasteiger partial charge in [0.25, 0.3) is 0 Å². The summed E-state index contributed by atoms with van der Waals surface area (Å²) in [6.07, 6.45) is 1.63. The van der Waals surface area contributed by atoms with Crippen LogP contribution < -0.4 is 0 Å². The van der Waals surface area contributed by atoms with Crippen molar-refractivity contribution < 1.29 is 14.7 Å². The Labute approximate surface area is 133 Å². The molecule has 5 nitrogen and oxygen atoms in total. The van der Waals surface area contributed by atoms with Gasteiger partial charge in [0.05, 0.1) is 17.7 Å². The molecule has 1 aliphatic rings. The Kier molecular flexibility index (Phi) is 4.49. The van der Waals surface area contributed by atoms with E-state index >= 15 is 0 Å². The Balaban J connectivity index is 2.52. The summed E-state index contributed by atoms with van der Waals surface area (Å²) in [7, 11) is 0. The number of hydrogen-bond acceptors (Lipinski definition) is 3. The predicted octanol–water partition coefficient (Wildman–Crippen LogP) is 2.99. The van der Waals surface area contributed by atoms with Crippen molar-refractivity contribution in [2.45, 2.75) is 32.4 Å². The van der Waals surface area contributed by atoms with Crippen LogP contribution in [0.2, 0.25) is 0 Å². The highest BCUT2D eigenvalue weighted by Crippen LogP contribution is 2.41. The molecule has 0 saturated carbocycles. The van der Waals surface area contributed by atoms with E-state index in [4.69, 9.17) is 0 Å². The maximum Gasteiger partial charge on any atom is 0.309 e. The van der Waals surface area contributed by atoms with E-state index < -0.39 is 17.9 Å². The van der Waals surface area contributed by atoms with Crippen molar-refractivity contribution in [1.29, 1.82) is 0 Å². The number of hydrogen-bond donors (Lipinski definition) is 1. The van der Waals surface area contributed by atoms with Gasteiger partial charge in [0.2, 0.25) is 5.91 Å². The third-order valence-corrected chi connectivity index (χ3v) is 4.42. The first-order valence-electron chi connectivity index (χ1n) is 6.17. The topological polar surface area (TPSA) is 70.5 Å². The van der Waals surface area contributed by atoms with E-state index in [1.54, 1.807) is 11.1 Å². The molecule has 0 aliphatic carbocycles. The number of aromatic nitrogens is 1. The predicted molar refractivity (Wildman–Crippen MR) is 80.1 cm³/mol. The number of pyridine rings is 1. The molecule has 0 spiro atoms. The maximum absolute atomic E-state index is 12.1. The second kappa shape index (κ2) is 5.81. The number of halogens is 2. The normalized spacial score (nSPS) is 22.6. The summed E-state index contributed by atoms with van der Waals surface area (Å²) in [6, 6.07) is 1.19. The number of rotatable bonds is 3. The molecule has 20 heavy (non-hydrogen) atoms. The summed E-state index contributed by atoms with van der Waals surface area (Å²) in [5.41, 5.74) is 0.583. The summed E-state index contributed by atoms with van der Waals surface area (Å²) < 4.78 is 1.49. The molecule has 0 radical (unpaired) electrons. The minimum Gasteiger partial charge on any atom is -0.481 e. The Bertz CT molecular complexity index is 563.